The Labute approximate surface area is 390 Å². The molecule has 2 aromatic carbocycles. The van der Waals surface area contributed by atoms with Crippen molar-refractivity contribution in [1.29, 1.82) is 0 Å². The molecule has 8 aromatic rings. The summed E-state index contributed by atoms with van der Waals surface area (Å²) >= 11 is 14.2. The van der Waals surface area contributed by atoms with E-state index < -0.39 is 43.4 Å². The summed E-state index contributed by atoms with van der Waals surface area (Å²) in [5.41, 5.74) is 1.63. The molecule has 1 atom stereocenters. The van der Waals surface area contributed by atoms with E-state index in [1.807, 2.05) is 0 Å². The minimum absolute atomic E-state index is 0.0273. The number of ketones is 2. The molecule has 1 unspecified atom stereocenters. The van der Waals surface area contributed by atoms with Crippen LogP contribution < -0.4 is 11.1 Å². The second-order valence-electron chi connectivity index (χ2n) is 14.1. The van der Waals surface area contributed by atoms with Crippen molar-refractivity contribution in [2.45, 2.75) is 36.0 Å². The van der Waals surface area contributed by atoms with Crippen molar-refractivity contribution in [1.82, 2.24) is 28.2 Å². The SMILES string of the molecule is CS(=O)(=O)c1nc(CCC(=O)c2ccc(Cl)s2)cn1-c1ccc(-n2cccc(F)c2=O)cc1.CS(=O)c1nc(CCC(=O)c2ccc(Cl)s2)cn1-c1ccc(-n2cccc(F)c2=O)cc1. The lowest BCUT2D eigenvalue weighted by atomic mass is 10.1. The molecular formula is C44H34Cl2F2N6O7S4. The molecule has 13 nitrogen and oxygen atoms in total. The van der Waals surface area contributed by atoms with Crippen LogP contribution in [0.5, 0.6) is 0 Å². The van der Waals surface area contributed by atoms with Gasteiger partial charge in [0.15, 0.2) is 23.2 Å². The van der Waals surface area contributed by atoms with Crippen molar-refractivity contribution in [3.05, 3.63) is 184 Å². The number of imidazole rings is 2. The van der Waals surface area contributed by atoms with Gasteiger partial charge in [0.2, 0.25) is 20.2 Å². The first-order chi connectivity index (χ1) is 31.0. The van der Waals surface area contributed by atoms with Crippen LogP contribution in [0.25, 0.3) is 22.7 Å². The average molecular weight is 996 g/mol. The number of carbonyl (C=O) groups excluding carboxylic acids is 2. The highest BCUT2D eigenvalue weighted by Crippen LogP contribution is 2.26. The Hall–Kier alpha value is -5.96. The summed E-state index contributed by atoms with van der Waals surface area (Å²) in [6, 6.07) is 24.9. The van der Waals surface area contributed by atoms with Gasteiger partial charge in [0.25, 0.3) is 11.1 Å². The van der Waals surface area contributed by atoms with Gasteiger partial charge in [-0.3, -0.25) is 41.7 Å². The first kappa shape index (κ1) is 47.0. The number of benzene rings is 2. The van der Waals surface area contributed by atoms with Crippen molar-refractivity contribution in [2.24, 2.45) is 0 Å². The number of Topliss-reactive ketones (excluding diaryl/α,β-unsaturated/α-hetero) is 2. The molecule has 6 heterocycles. The smallest absolute Gasteiger partial charge is 0.291 e. The second kappa shape index (κ2) is 20.1. The Bertz CT molecular complexity index is 3320. The molecule has 21 heteroatoms. The van der Waals surface area contributed by atoms with Crippen LogP contribution in [0.1, 0.15) is 43.6 Å². The second-order valence-corrected chi connectivity index (χ2v) is 20.8. The molecule has 0 amide bonds. The first-order valence-electron chi connectivity index (χ1n) is 19.2. The number of carbonyl (C=O) groups is 2. The number of pyridine rings is 2. The molecule has 0 saturated heterocycles. The van der Waals surface area contributed by atoms with Crippen LogP contribution in [0, 0.1) is 11.6 Å². The summed E-state index contributed by atoms with van der Waals surface area (Å²) in [5.74, 6) is -1.84. The van der Waals surface area contributed by atoms with Gasteiger partial charge < -0.3 is 0 Å². The zero-order valence-electron chi connectivity index (χ0n) is 34.1. The van der Waals surface area contributed by atoms with E-state index in [-0.39, 0.29) is 36.0 Å². The topological polar surface area (TPSA) is 165 Å². The quantitative estimate of drug-likeness (QED) is 0.0972. The van der Waals surface area contributed by atoms with E-state index in [2.05, 4.69) is 9.97 Å². The fourth-order valence-electron chi connectivity index (χ4n) is 6.44. The molecule has 0 aliphatic carbocycles. The number of rotatable bonds is 14. The van der Waals surface area contributed by atoms with Crippen LogP contribution in [0.3, 0.4) is 0 Å². The fraction of sp³-hybridized carbons (Fsp3) is 0.136. The number of hydrogen-bond acceptors (Lipinski definition) is 11. The Morgan fingerprint density at radius 1 is 0.631 bits per heavy atom. The minimum atomic E-state index is -3.68. The molecule has 0 bridgehead atoms. The van der Waals surface area contributed by atoms with Crippen molar-refractivity contribution < 1.29 is 31.0 Å². The molecule has 0 aliphatic rings. The van der Waals surface area contributed by atoms with Crippen molar-refractivity contribution in [3.63, 3.8) is 0 Å². The van der Waals surface area contributed by atoms with Crippen LogP contribution in [-0.4, -0.2) is 64.9 Å². The third-order valence-corrected chi connectivity index (χ3v) is 13.9. The highest BCUT2D eigenvalue weighted by atomic mass is 35.5. The number of aryl methyl sites for hydroxylation is 2. The third kappa shape index (κ3) is 11.1. The lowest BCUT2D eigenvalue weighted by molar-refractivity contribution is 0.0978. The number of aromatic nitrogens is 6. The number of halogens is 4. The summed E-state index contributed by atoms with van der Waals surface area (Å²) in [4.78, 5) is 58.5. The lowest BCUT2D eigenvalue weighted by Crippen LogP contribution is -2.20. The lowest BCUT2D eigenvalue weighted by Gasteiger charge is -2.09. The van der Waals surface area contributed by atoms with Crippen LogP contribution in [0.4, 0.5) is 8.78 Å². The van der Waals surface area contributed by atoms with Gasteiger partial charge in [-0.25, -0.2) is 27.2 Å². The first-order valence-corrected chi connectivity index (χ1v) is 25.0. The van der Waals surface area contributed by atoms with Gasteiger partial charge in [-0.2, -0.15) is 0 Å². The van der Waals surface area contributed by atoms with Gasteiger partial charge in [0.05, 0.1) is 40.6 Å². The third-order valence-electron chi connectivity index (χ3n) is 9.56. The van der Waals surface area contributed by atoms with E-state index in [1.165, 1.54) is 62.6 Å². The Morgan fingerprint density at radius 2 is 1.03 bits per heavy atom. The van der Waals surface area contributed by atoms with Crippen LogP contribution in [0.2, 0.25) is 8.67 Å². The summed E-state index contributed by atoms with van der Waals surface area (Å²) in [6.45, 7) is 0. The average Bonchev–Trinajstić information content (AvgIpc) is 4.11. The number of sulfone groups is 1. The highest BCUT2D eigenvalue weighted by Gasteiger charge is 2.21. The van der Waals surface area contributed by atoms with Crippen LogP contribution >= 0.6 is 45.9 Å². The number of hydrogen-bond donors (Lipinski definition) is 0. The summed E-state index contributed by atoms with van der Waals surface area (Å²) in [7, 11) is -5.04. The zero-order chi connectivity index (χ0) is 46.6. The van der Waals surface area contributed by atoms with Gasteiger partial charge in [-0.15, -0.1) is 22.7 Å². The molecule has 65 heavy (non-hydrogen) atoms. The van der Waals surface area contributed by atoms with Crippen LogP contribution in [-0.2, 0) is 33.5 Å². The largest absolute Gasteiger partial charge is 0.293 e. The monoisotopic (exact) mass is 994 g/mol. The molecule has 0 spiro atoms. The molecule has 0 saturated carbocycles. The van der Waals surface area contributed by atoms with E-state index in [9.17, 15) is 40.6 Å². The molecule has 0 fully saturated rings. The van der Waals surface area contributed by atoms with E-state index in [4.69, 9.17) is 23.2 Å². The predicted octanol–water partition coefficient (Wildman–Crippen LogP) is 8.53. The molecular weight excluding hydrogens is 962 g/mol. The van der Waals surface area contributed by atoms with Gasteiger partial charge in [0, 0.05) is 72.9 Å². The number of thiophene rings is 2. The van der Waals surface area contributed by atoms with E-state index in [0.717, 1.165) is 23.0 Å². The fourth-order valence-corrected chi connectivity index (χ4v) is 9.94. The van der Waals surface area contributed by atoms with Gasteiger partial charge in [-0.05, 0) is 110 Å². The standard InChI is InChI=1S/C22H17ClFN3O4S2.C22H17ClFN3O3S2/c1-33(30,31)22-25-14(4-9-18(28)19-10-11-20(23)32-19)13-27(22)16-7-5-15(6-8-16)26-12-2-3-17(24)21(26)29;1-32(30)22-25-14(4-9-18(28)19-10-11-20(23)31-19)13-27(22)16-7-5-15(6-8-16)26-12-2-3-17(24)21(26)29/h2-3,5-8,10-13H,4,9H2,1H3;2-3,5-8,10-13H,4,9H2,1H3. The minimum Gasteiger partial charge on any atom is -0.293 e. The molecule has 8 rings (SSSR count). The van der Waals surface area contributed by atoms with E-state index in [0.29, 0.717) is 64.1 Å². The predicted molar refractivity (Wildman–Crippen MR) is 248 cm³/mol. The maximum Gasteiger partial charge on any atom is 0.291 e. The van der Waals surface area contributed by atoms with Crippen LogP contribution in [0.15, 0.2) is 142 Å². The maximum atomic E-state index is 13.6. The summed E-state index contributed by atoms with van der Waals surface area (Å²) in [6.07, 6.45) is 9.86. The van der Waals surface area contributed by atoms with E-state index in [1.54, 1.807) is 89.8 Å². The summed E-state index contributed by atoms with van der Waals surface area (Å²) < 4.78 is 70.6. The Kier molecular flexibility index (Phi) is 14.5. The molecule has 0 radical (unpaired) electrons. The molecule has 0 N–H and O–H groups in total. The van der Waals surface area contributed by atoms with E-state index >= 15 is 0 Å². The molecule has 334 valence electrons. The molecule has 0 aliphatic heterocycles. The number of nitrogens with zero attached hydrogens (tertiary/aromatic N) is 6. The molecule has 6 aromatic heterocycles. The normalized spacial score (nSPS) is 11.8. The Balaban J connectivity index is 0.000000194. The highest BCUT2D eigenvalue weighted by molar-refractivity contribution is 7.90. The summed E-state index contributed by atoms with van der Waals surface area (Å²) in [5, 5.41) is 0.182. The maximum absolute atomic E-state index is 13.6. The van der Waals surface area contributed by atoms with Crippen molar-refractivity contribution in [2.75, 3.05) is 12.5 Å². The van der Waals surface area contributed by atoms with Crippen molar-refractivity contribution in [3.8, 4) is 22.7 Å². The van der Waals surface area contributed by atoms with Crippen molar-refractivity contribution >= 4 is 78.1 Å². The Morgan fingerprint density at radius 3 is 1.43 bits per heavy atom. The zero-order valence-corrected chi connectivity index (χ0v) is 38.8. The van der Waals surface area contributed by atoms with Gasteiger partial charge in [0.1, 0.15) is 0 Å². The van der Waals surface area contributed by atoms with Gasteiger partial charge >= 0.3 is 0 Å². The van der Waals surface area contributed by atoms with Gasteiger partial charge in [-0.1, -0.05) is 23.2 Å².